The van der Waals surface area contributed by atoms with E-state index in [0.29, 0.717) is 10.9 Å². The van der Waals surface area contributed by atoms with Gasteiger partial charge >= 0.3 is 176 Å². The Labute approximate surface area is 175 Å². The summed E-state index contributed by atoms with van der Waals surface area (Å²) in [4.78, 5) is 4.22. The molecular formula is C17H20F9ISn. The average molecular weight is 641 g/mol. The first-order valence-corrected chi connectivity index (χ1v) is 18.8. The molecule has 28 heavy (non-hydrogen) atoms. The van der Waals surface area contributed by atoms with Crippen LogP contribution < -0.4 is 3.58 Å². The number of halogens is 10. The Morgan fingerprint density at radius 1 is 0.857 bits per heavy atom. The zero-order valence-corrected chi connectivity index (χ0v) is 20.1. The van der Waals surface area contributed by atoms with Gasteiger partial charge in [-0.05, 0) is 0 Å². The fourth-order valence-corrected chi connectivity index (χ4v) is 10.8. The fraction of sp³-hybridized carbons (Fsp3) is 0.647. The molecule has 0 radical (unpaired) electrons. The molecule has 0 spiro atoms. The number of alkyl halides is 10. The molecule has 11 heteroatoms. The Kier molecular flexibility index (Phi) is 8.49. The molecule has 0 N–H and O–H groups in total. The summed E-state index contributed by atoms with van der Waals surface area (Å²) >= 11 is -1.30. The molecule has 0 nitrogen and oxygen atoms in total. The van der Waals surface area contributed by atoms with Gasteiger partial charge in [0.1, 0.15) is 0 Å². The standard InChI is InChI=1S/C9H9F9I.C6H5.2CH3.Sn/c1-2-3-5(19)4-6(10,11)7(12,13)8(14,15)9(16,17)18;1-2-4-6-5-3-1;;;/h5H,1-4H2;1-5H;2*1H3;. The van der Waals surface area contributed by atoms with Gasteiger partial charge in [0.25, 0.3) is 0 Å². The molecule has 0 aliphatic rings. The van der Waals surface area contributed by atoms with Crippen LogP contribution in [0.1, 0.15) is 19.3 Å². The van der Waals surface area contributed by atoms with Crippen LogP contribution in [0, 0.1) is 0 Å². The Morgan fingerprint density at radius 3 is 1.82 bits per heavy atom. The van der Waals surface area contributed by atoms with E-state index in [4.69, 9.17) is 0 Å². The van der Waals surface area contributed by atoms with Crippen LogP contribution in [0.15, 0.2) is 30.3 Å². The van der Waals surface area contributed by atoms with Crippen LogP contribution in [0.2, 0.25) is 14.3 Å². The van der Waals surface area contributed by atoms with Crippen molar-refractivity contribution >= 4 is 44.5 Å². The van der Waals surface area contributed by atoms with E-state index in [2.05, 4.69) is 9.88 Å². The van der Waals surface area contributed by atoms with Gasteiger partial charge in [0, 0.05) is 0 Å². The maximum absolute atomic E-state index is 13.7. The van der Waals surface area contributed by atoms with Gasteiger partial charge in [-0.25, -0.2) is 0 Å². The maximum atomic E-state index is 13.7. The normalized spacial score (nSPS) is 15.6. The van der Waals surface area contributed by atoms with E-state index in [-0.39, 0.29) is 6.42 Å². The van der Waals surface area contributed by atoms with Gasteiger partial charge in [-0.1, -0.05) is 0 Å². The molecule has 0 fully saturated rings. The molecule has 0 saturated heterocycles. The molecule has 1 unspecified atom stereocenters. The average Bonchev–Trinajstić information content (AvgIpc) is 2.53. The van der Waals surface area contributed by atoms with Crippen LogP contribution in [0.5, 0.6) is 0 Å². The zero-order chi connectivity index (χ0) is 22.0. The monoisotopic (exact) mass is 642 g/mol. The predicted molar refractivity (Wildman–Crippen MR) is 101 cm³/mol. The fourth-order valence-electron chi connectivity index (χ4n) is 2.72. The van der Waals surface area contributed by atoms with E-state index in [1.165, 1.54) is 26.2 Å². The molecule has 0 amide bonds. The Hall–Kier alpha value is 0.119. The van der Waals surface area contributed by atoms with Crippen molar-refractivity contribution in [2.45, 2.75) is 61.4 Å². The summed E-state index contributed by atoms with van der Waals surface area (Å²) < 4.78 is 117. The van der Waals surface area contributed by atoms with Gasteiger partial charge in [-0.2, -0.15) is 0 Å². The van der Waals surface area contributed by atoms with E-state index in [0.717, 1.165) is 0 Å². The first-order chi connectivity index (χ1) is 12.5. The number of rotatable bonds is 9. The van der Waals surface area contributed by atoms with E-state index in [1.807, 2.05) is 30.3 Å². The molecular weight excluding hydrogens is 621 g/mol. The summed E-state index contributed by atoms with van der Waals surface area (Å²) in [7, 11) is 0. The van der Waals surface area contributed by atoms with Crippen molar-refractivity contribution in [2.24, 2.45) is 0 Å². The SMILES string of the molecule is [CH3][Sn]([CH3])([CH2]CCC(I)CC(F)(F)C(F)(F)C(F)(F)C(F)(F)F)[c]1ccccc1. The Balaban J connectivity index is 2.72. The predicted octanol–water partition coefficient (Wildman–Crippen LogP) is 7.04. The summed E-state index contributed by atoms with van der Waals surface area (Å²) in [5, 5.41) is 0. The van der Waals surface area contributed by atoms with Crippen molar-refractivity contribution in [1.82, 2.24) is 0 Å². The summed E-state index contributed by atoms with van der Waals surface area (Å²) in [5.41, 5.74) is 0. The molecule has 0 heterocycles. The number of benzene rings is 1. The van der Waals surface area contributed by atoms with Crippen LogP contribution >= 0.6 is 22.6 Å². The third-order valence-corrected chi connectivity index (χ3v) is 15.6. The third kappa shape index (κ3) is 5.84. The molecule has 0 aromatic heterocycles. The molecule has 162 valence electrons. The summed E-state index contributed by atoms with van der Waals surface area (Å²) in [6.07, 6.45) is -8.09. The van der Waals surface area contributed by atoms with E-state index in [9.17, 15) is 39.5 Å². The molecule has 1 aromatic carbocycles. The minimum atomic E-state index is -6.81. The first kappa shape index (κ1) is 26.2. The topological polar surface area (TPSA) is 0 Å². The van der Waals surface area contributed by atoms with E-state index >= 15 is 0 Å². The summed E-state index contributed by atoms with van der Waals surface area (Å²) in [6, 6.07) is 9.53. The van der Waals surface area contributed by atoms with E-state index in [1.54, 1.807) is 0 Å². The van der Waals surface area contributed by atoms with Crippen molar-refractivity contribution in [3.05, 3.63) is 30.3 Å². The second-order valence-electron chi connectivity index (χ2n) is 7.29. The molecule has 0 aliphatic carbocycles. The Bertz CT molecular complexity index is 629. The molecule has 0 saturated carbocycles. The summed E-state index contributed by atoms with van der Waals surface area (Å²) in [5.74, 6) is -18.8. The van der Waals surface area contributed by atoms with Gasteiger partial charge in [0.05, 0.1) is 0 Å². The van der Waals surface area contributed by atoms with Crippen molar-refractivity contribution < 1.29 is 39.5 Å². The van der Waals surface area contributed by atoms with Crippen molar-refractivity contribution in [3.8, 4) is 0 Å². The molecule has 1 aromatic rings. The van der Waals surface area contributed by atoms with Gasteiger partial charge < -0.3 is 0 Å². The van der Waals surface area contributed by atoms with Crippen LogP contribution in [-0.4, -0.2) is 46.2 Å². The van der Waals surface area contributed by atoms with Crippen LogP contribution in [0.25, 0.3) is 0 Å². The van der Waals surface area contributed by atoms with Gasteiger partial charge in [0.2, 0.25) is 0 Å². The summed E-state index contributed by atoms with van der Waals surface area (Å²) in [6.45, 7) is 0. The van der Waals surface area contributed by atoms with Crippen molar-refractivity contribution in [3.63, 3.8) is 0 Å². The molecule has 1 rings (SSSR count). The number of hydrogen-bond donors (Lipinski definition) is 0. The van der Waals surface area contributed by atoms with Crippen molar-refractivity contribution in [1.29, 1.82) is 0 Å². The Morgan fingerprint density at radius 2 is 1.36 bits per heavy atom. The van der Waals surface area contributed by atoms with Crippen LogP contribution in [-0.2, 0) is 0 Å². The second kappa shape index (κ2) is 9.09. The number of hydrogen-bond acceptors (Lipinski definition) is 0. The van der Waals surface area contributed by atoms with Crippen LogP contribution in [0.4, 0.5) is 39.5 Å². The van der Waals surface area contributed by atoms with Gasteiger partial charge in [-0.3, -0.25) is 0 Å². The molecule has 1 atom stereocenters. The van der Waals surface area contributed by atoms with Crippen molar-refractivity contribution in [2.75, 3.05) is 0 Å². The van der Waals surface area contributed by atoms with Crippen LogP contribution in [0.3, 0.4) is 0 Å². The third-order valence-electron chi connectivity index (χ3n) is 4.56. The van der Waals surface area contributed by atoms with E-state index < -0.39 is 52.7 Å². The first-order valence-electron chi connectivity index (χ1n) is 8.35. The van der Waals surface area contributed by atoms with Gasteiger partial charge in [0.15, 0.2) is 0 Å². The zero-order valence-electron chi connectivity index (χ0n) is 15.1. The second-order valence-corrected chi connectivity index (χ2v) is 22.9. The molecule has 0 bridgehead atoms. The minimum absolute atomic E-state index is 0.0248. The van der Waals surface area contributed by atoms with Gasteiger partial charge in [-0.15, -0.1) is 0 Å². The molecule has 0 aliphatic heterocycles. The quantitative estimate of drug-likeness (QED) is 0.118.